The smallest absolute Gasteiger partial charge is 0.280 e. The minimum Gasteiger partial charge on any atom is -0.351 e. The van der Waals surface area contributed by atoms with E-state index in [0.29, 0.717) is 35.8 Å². The highest BCUT2D eigenvalue weighted by Gasteiger charge is 2.18. The molecule has 0 aliphatic carbocycles. The molecule has 0 aliphatic rings. The van der Waals surface area contributed by atoms with Crippen LogP contribution in [0.3, 0.4) is 0 Å². The van der Waals surface area contributed by atoms with Gasteiger partial charge in [-0.15, -0.1) is 0 Å². The van der Waals surface area contributed by atoms with Crippen molar-refractivity contribution < 1.29 is 4.79 Å². The largest absolute Gasteiger partial charge is 0.351 e. The van der Waals surface area contributed by atoms with E-state index in [-0.39, 0.29) is 17.2 Å². The second-order valence-corrected chi connectivity index (χ2v) is 7.44. The van der Waals surface area contributed by atoms with Crippen LogP contribution >= 0.6 is 11.8 Å². The molecule has 3 aromatic rings. The number of aromatic nitrogens is 4. The van der Waals surface area contributed by atoms with E-state index in [4.69, 9.17) is 0 Å². The fourth-order valence-electron chi connectivity index (χ4n) is 3.03. The third-order valence-electron chi connectivity index (χ3n) is 4.39. The molecule has 8 heteroatoms. The van der Waals surface area contributed by atoms with Gasteiger partial charge in [0.05, 0.1) is 11.4 Å². The number of thioether (sulfide) groups is 1. The molecule has 3 rings (SSSR count). The summed E-state index contributed by atoms with van der Waals surface area (Å²) in [6.07, 6.45) is 0.806. The van der Waals surface area contributed by atoms with Crippen LogP contribution in [-0.2, 0) is 24.4 Å². The highest BCUT2D eigenvalue weighted by molar-refractivity contribution is 7.99. The van der Waals surface area contributed by atoms with Crippen molar-refractivity contribution in [2.75, 3.05) is 5.75 Å². The standard InChI is InChI=1S/C20H25N5O2S/c1-4-11-24-19(27)18-17(14(3)23-25(18)5-2)22-20(24)28-13-16(26)21-12-15-9-7-6-8-10-15/h6-10H,4-5,11-13H2,1-3H3,(H,21,26). The Morgan fingerprint density at radius 2 is 1.96 bits per heavy atom. The van der Waals surface area contributed by atoms with Crippen molar-refractivity contribution in [2.45, 2.75) is 52.0 Å². The summed E-state index contributed by atoms with van der Waals surface area (Å²) >= 11 is 1.29. The van der Waals surface area contributed by atoms with Crippen molar-refractivity contribution in [3.8, 4) is 0 Å². The predicted octanol–water partition coefficient (Wildman–Crippen LogP) is 2.74. The summed E-state index contributed by atoms with van der Waals surface area (Å²) in [5, 5.41) is 7.89. The Labute approximate surface area is 168 Å². The van der Waals surface area contributed by atoms with Crippen molar-refractivity contribution in [2.24, 2.45) is 0 Å². The molecule has 0 fully saturated rings. The Balaban J connectivity index is 1.79. The lowest BCUT2D eigenvalue weighted by Crippen LogP contribution is -2.27. The van der Waals surface area contributed by atoms with Crippen LogP contribution in [0.5, 0.6) is 0 Å². The lowest BCUT2D eigenvalue weighted by atomic mass is 10.2. The number of aryl methyl sites for hydroxylation is 2. The third-order valence-corrected chi connectivity index (χ3v) is 5.37. The molecule has 0 saturated heterocycles. The van der Waals surface area contributed by atoms with E-state index in [9.17, 15) is 9.59 Å². The van der Waals surface area contributed by atoms with E-state index in [1.54, 1.807) is 9.25 Å². The SMILES string of the molecule is CCCn1c(SCC(=O)NCc2ccccc2)nc2c(C)nn(CC)c2c1=O. The van der Waals surface area contributed by atoms with Gasteiger partial charge in [0.1, 0.15) is 5.52 Å². The lowest BCUT2D eigenvalue weighted by Gasteiger charge is -2.12. The molecule has 0 bridgehead atoms. The normalized spacial score (nSPS) is 11.1. The molecule has 0 spiro atoms. The Bertz CT molecular complexity index is 1030. The van der Waals surface area contributed by atoms with Crippen molar-refractivity contribution >= 4 is 28.7 Å². The van der Waals surface area contributed by atoms with Gasteiger partial charge in [0, 0.05) is 19.6 Å². The summed E-state index contributed by atoms with van der Waals surface area (Å²) in [7, 11) is 0. The van der Waals surface area contributed by atoms with Crippen molar-refractivity contribution in [1.29, 1.82) is 0 Å². The van der Waals surface area contributed by atoms with Gasteiger partial charge in [-0.3, -0.25) is 18.8 Å². The van der Waals surface area contributed by atoms with Gasteiger partial charge >= 0.3 is 0 Å². The van der Waals surface area contributed by atoms with Gasteiger partial charge in [0.25, 0.3) is 5.56 Å². The number of hydrogen-bond donors (Lipinski definition) is 1. The van der Waals surface area contributed by atoms with E-state index in [0.717, 1.165) is 17.7 Å². The average molecular weight is 400 g/mol. The Kier molecular flexibility index (Phi) is 6.51. The third kappa shape index (κ3) is 4.27. The molecule has 0 radical (unpaired) electrons. The number of fused-ring (bicyclic) bond motifs is 1. The zero-order chi connectivity index (χ0) is 20.1. The number of rotatable bonds is 8. The molecule has 1 amide bonds. The molecule has 0 atom stereocenters. The van der Waals surface area contributed by atoms with Crippen LogP contribution in [0, 0.1) is 6.92 Å². The van der Waals surface area contributed by atoms with E-state index in [1.165, 1.54) is 11.8 Å². The number of carbonyl (C=O) groups is 1. The number of nitrogens with one attached hydrogen (secondary N) is 1. The Hall–Kier alpha value is -2.61. The van der Waals surface area contributed by atoms with E-state index < -0.39 is 0 Å². The minimum atomic E-state index is -0.0958. The predicted molar refractivity (Wildman–Crippen MR) is 112 cm³/mol. The van der Waals surface area contributed by atoms with Gasteiger partial charge in [0.15, 0.2) is 10.7 Å². The van der Waals surface area contributed by atoms with E-state index in [1.807, 2.05) is 51.1 Å². The number of nitrogens with zero attached hydrogens (tertiary/aromatic N) is 4. The first kappa shape index (κ1) is 20.1. The molecule has 28 heavy (non-hydrogen) atoms. The number of hydrogen-bond acceptors (Lipinski definition) is 5. The fourth-order valence-corrected chi connectivity index (χ4v) is 3.87. The van der Waals surface area contributed by atoms with Gasteiger partial charge in [-0.05, 0) is 25.8 Å². The fraction of sp³-hybridized carbons (Fsp3) is 0.400. The van der Waals surface area contributed by atoms with Crippen LogP contribution in [-0.4, -0.2) is 31.0 Å². The molecule has 2 heterocycles. The summed E-state index contributed by atoms with van der Waals surface area (Å²) in [6.45, 7) is 7.48. The second-order valence-electron chi connectivity index (χ2n) is 6.50. The summed E-state index contributed by atoms with van der Waals surface area (Å²) in [5.41, 5.74) is 2.83. The first-order chi connectivity index (χ1) is 13.5. The van der Waals surface area contributed by atoms with Gasteiger partial charge in [0.2, 0.25) is 5.91 Å². The molecule has 0 saturated carbocycles. The van der Waals surface area contributed by atoms with Crippen LogP contribution in [0.25, 0.3) is 11.0 Å². The van der Waals surface area contributed by atoms with Gasteiger partial charge in [-0.2, -0.15) is 5.10 Å². The highest BCUT2D eigenvalue weighted by atomic mass is 32.2. The molecule has 7 nitrogen and oxygen atoms in total. The summed E-state index contributed by atoms with van der Waals surface area (Å²) in [5.74, 6) is 0.113. The van der Waals surface area contributed by atoms with Crippen LogP contribution < -0.4 is 10.9 Å². The van der Waals surface area contributed by atoms with E-state index in [2.05, 4.69) is 15.4 Å². The monoisotopic (exact) mass is 399 g/mol. The maximum Gasteiger partial charge on any atom is 0.280 e. The zero-order valence-corrected chi connectivity index (χ0v) is 17.3. The number of carbonyl (C=O) groups excluding carboxylic acids is 1. The number of benzene rings is 1. The van der Waals surface area contributed by atoms with Crippen LogP contribution in [0.4, 0.5) is 0 Å². The molecule has 1 N–H and O–H groups in total. The van der Waals surface area contributed by atoms with Gasteiger partial charge in [-0.1, -0.05) is 49.0 Å². The Morgan fingerprint density at radius 3 is 2.64 bits per heavy atom. The zero-order valence-electron chi connectivity index (χ0n) is 16.4. The molecule has 0 unspecified atom stereocenters. The van der Waals surface area contributed by atoms with Crippen molar-refractivity contribution in [3.63, 3.8) is 0 Å². The molecule has 2 aromatic heterocycles. The highest BCUT2D eigenvalue weighted by Crippen LogP contribution is 2.20. The maximum absolute atomic E-state index is 13.0. The van der Waals surface area contributed by atoms with E-state index >= 15 is 0 Å². The van der Waals surface area contributed by atoms with Crippen molar-refractivity contribution in [1.82, 2.24) is 24.6 Å². The van der Waals surface area contributed by atoms with Crippen molar-refractivity contribution in [3.05, 3.63) is 51.9 Å². The first-order valence-corrected chi connectivity index (χ1v) is 10.4. The molecular formula is C20H25N5O2S. The summed E-state index contributed by atoms with van der Waals surface area (Å²) in [6, 6.07) is 9.76. The quantitative estimate of drug-likeness (QED) is 0.465. The number of amides is 1. The van der Waals surface area contributed by atoms with Crippen LogP contribution in [0.2, 0.25) is 0 Å². The van der Waals surface area contributed by atoms with Crippen LogP contribution in [0.15, 0.2) is 40.3 Å². The molecule has 148 valence electrons. The molecule has 1 aromatic carbocycles. The summed E-state index contributed by atoms with van der Waals surface area (Å²) in [4.78, 5) is 30.0. The minimum absolute atomic E-state index is 0.0905. The topological polar surface area (TPSA) is 81.8 Å². The van der Waals surface area contributed by atoms with Crippen LogP contribution in [0.1, 0.15) is 31.5 Å². The first-order valence-electron chi connectivity index (χ1n) is 9.46. The maximum atomic E-state index is 13.0. The van der Waals surface area contributed by atoms with Gasteiger partial charge in [-0.25, -0.2) is 4.98 Å². The van der Waals surface area contributed by atoms with Gasteiger partial charge < -0.3 is 5.32 Å². The second kappa shape index (κ2) is 9.05. The lowest BCUT2D eigenvalue weighted by molar-refractivity contribution is -0.118. The Morgan fingerprint density at radius 1 is 1.21 bits per heavy atom. The average Bonchev–Trinajstić information content (AvgIpc) is 3.04. The molecule has 0 aliphatic heterocycles. The molecular weight excluding hydrogens is 374 g/mol. The summed E-state index contributed by atoms with van der Waals surface area (Å²) < 4.78 is 3.36.